The zero-order valence-electron chi connectivity index (χ0n) is 17.4. The summed E-state index contributed by atoms with van der Waals surface area (Å²) >= 11 is 0. The van der Waals surface area contributed by atoms with E-state index in [0.717, 1.165) is 29.0 Å². The Morgan fingerprint density at radius 2 is 2.00 bits per heavy atom. The van der Waals surface area contributed by atoms with Crippen LogP contribution in [0.3, 0.4) is 0 Å². The SMILES string of the molecule is CCOc1cccc(/C=C2/CCc3c2oc2cc(NC(=O)/C=C/C(=O)O)ccc2c3=O)c1. The van der Waals surface area contributed by atoms with Gasteiger partial charge in [-0.3, -0.25) is 9.59 Å². The topological polar surface area (TPSA) is 106 Å². The highest BCUT2D eigenvalue weighted by Crippen LogP contribution is 2.35. The van der Waals surface area contributed by atoms with Crippen molar-refractivity contribution in [3.63, 3.8) is 0 Å². The summed E-state index contributed by atoms with van der Waals surface area (Å²) in [6.45, 7) is 2.51. The Hall–Kier alpha value is -4.13. The highest BCUT2D eigenvalue weighted by atomic mass is 16.5. The van der Waals surface area contributed by atoms with Crippen LogP contribution in [0.4, 0.5) is 5.69 Å². The highest BCUT2D eigenvalue weighted by Gasteiger charge is 2.24. The van der Waals surface area contributed by atoms with Crippen LogP contribution in [0.2, 0.25) is 0 Å². The Bertz CT molecular complexity index is 1330. The third kappa shape index (κ3) is 4.46. The van der Waals surface area contributed by atoms with Crippen LogP contribution in [0.5, 0.6) is 5.75 Å². The minimum Gasteiger partial charge on any atom is -0.494 e. The van der Waals surface area contributed by atoms with Crippen LogP contribution in [0.1, 0.15) is 30.2 Å². The molecule has 2 aromatic carbocycles. The normalized spacial score (nSPS) is 14.1. The predicted molar refractivity (Wildman–Crippen MR) is 122 cm³/mol. The van der Waals surface area contributed by atoms with Crippen LogP contribution < -0.4 is 15.5 Å². The largest absolute Gasteiger partial charge is 0.494 e. The van der Waals surface area contributed by atoms with E-state index in [0.29, 0.717) is 47.4 Å². The van der Waals surface area contributed by atoms with E-state index in [1.807, 2.05) is 37.3 Å². The van der Waals surface area contributed by atoms with Gasteiger partial charge in [0.25, 0.3) is 0 Å². The maximum Gasteiger partial charge on any atom is 0.328 e. The third-order valence-electron chi connectivity index (χ3n) is 5.08. The van der Waals surface area contributed by atoms with Gasteiger partial charge in [-0.25, -0.2) is 4.79 Å². The van der Waals surface area contributed by atoms with E-state index in [9.17, 15) is 14.4 Å². The number of amides is 1. The number of fused-ring (bicyclic) bond motifs is 2. The number of allylic oxidation sites excluding steroid dienone is 1. The molecule has 1 aliphatic carbocycles. The molecular weight excluding hydrogens is 410 g/mol. The quantitative estimate of drug-likeness (QED) is 0.565. The fourth-order valence-corrected chi connectivity index (χ4v) is 3.70. The minimum atomic E-state index is -1.22. The molecule has 162 valence electrons. The number of hydrogen-bond acceptors (Lipinski definition) is 5. The molecule has 0 fully saturated rings. The molecule has 2 N–H and O–H groups in total. The molecule has 4 rings (SSSR count). The molecule has 1 amide bonds. The average Bonchev–Trinajstić information content (AvgIpc) is 3.15. The van der Waals surface area contributed by atoms with E-state index in [1.54, 1.807) is 18.2 Å². The lowest BCUT2D eigenvalue weighted by Gasteiger charge is -2.07. The second-order valence-electron chi connectivity index (χ2n) is 7.29. The zero-order valence-corrected chi connectivity index (χ0v) is 17.4. The average molecular weight is 431 g/mol. The van der Waals surface area contributed by atoms with E-state index >= 15 is 0 Å². The highest BCUT2D eigenvalue weighted by molar-refractivity contribution is 6.03. The van der Waals surface area contributed by atoms with Gasteiger partial charge >= 0.3 is 5.97 Å². The predicted octanol–water partition coefficient (Wildman–Crippen LogP) is 4.26. The molecule has 7 nitrogen and oxygen atoms in total. The molecular formula is C25H21NO6. The van der Waals surface area contributed by atoms with Crippen molar-refractivity contribution in [1.82, 2.24) is 0 Å². The van der Waals surface area contributed by atoms with Crippen molar-refractivity contribution >= 4 is 40.2 Å². The molecule has 1 heterocycles. The Balaban J connectivity index is 1.69. The Morgan fingerprint density at radius 1 is 1.16 bits per heavy atom. The van der Waals surface area contributed by atoms with E-state index in [2.05, 4.69) is 5.32 Å². The number of ether oxygens (including phenoxy) is 1. The summed E-state index contributed by atoms with van der Waals surface area (Å²) in [4.78, 5) is 35.4. The van der Waals surface area contributed by atoms with Crippen LogP contribution in [0.25, 0.3) is 22.6 Å². The summed E-state index contributed by atoms with van der Waals surface area (Å²) in [5.41, 5.74) is 3.18. The molecule has 0 atom stereocenters. The number of nitrogens with one attached hydrogen (secondary N) is 1. The van der Waals surface area contributed by atoms with E-state index in [4.69, 9.17) is 14.3 Å². The second kappa shape index (κ2) is 8.93. The van der Waals surface area contributed by atoms with Crippen LogP contribution in [0, 0.1) is 0 Å². The lowest BCUT2D eigenvalue weighted by atomic mass is 10.1. The van der Waals surface area contributed by atoms with Gasteiger partial charge in [-0.05, 0) is 61.2 Å². The van der Waals surface area contributed by atoms with Gasteiger partial charge in [-0.1, -0.05) is 12.1 Å². The summed E-state index contributed by atoms with van der Waals surface area (Å²) < 4.78 is 11.7. The Morgan fingerprint density at radius 3 is 2.78 bits per heavy atom. The number of hydrogen-bond donors (Lipinski definition) is 2. The molecule has 0 spiro atoms. The van der Waals surface area contributed by atoms with Gasteiger partial charge in [0.05, 0.1) is 12.0 Å². The van der Waals surface area contributed by atoms with Crippen LogP contribution in [0.15, 0.2) is 63.8 Å². The third-order valence-corrected chi connectivity index (χ3v) is 5.08. The van der Waals surface area contributed by atoms with E-state index in [1.165, 1.54) is 0 Å². The van der Waals surface area contributed by atoms with Crippen LogP contribution in [-0.4, -0.2) is 23.6 Å². The summed E-state index contributed by atoms with van der Waals surface area (Å²) in [5.74, 6) is -0.479. The molecule has 0 aliphatic heterocycles. The molecule has 0 saturated carbocycles. The first-order chi connectivity index (χ1) is 15.4. The molecule has 1 aromatic heterocycles. The van der Waals surface area contributed by atoms with Crippen molar-refractivity contribution in [3.05, 3.63) is 81.7 Å². The second-order valence-corrected chi connectivity index (χ2v) is 7.29. The molecule has 0 radical (unpaired) electrons. The molecule has 0 saturated heterocycles. The van der Waals surface area contributed by atoms with Gasteiger partial charge in [0.2, 0.25) is 5.91 Å². The molecule has 0 bridgehead atoms. The van der Waals surface area contributed by atoms with Crippen molar-refractivity contribution < 1.29 is 23.8 Å². The van der Waals surface area contributed by atoms with Gasteiger partial charge in [-0.15, -0.1) is 0 Å². The van der Waals surface area contributed by atoms with Gasteiger partial charge in [0.1, 0.15) is 17.1 Å². The minimum absolute atomic E-state index is 0.0867. The number of carboxylic acid groups (broad SMARTS) is 1. The van der Waals surface area contributed by atoms with Crippen molar-refractivity contribution in [3.8, 4) is 5.75 Å². The van der Waals surface area contributed by atoms with Crippen molar-refractivity contribution in [2.24, 2.45) is 0 Å². The summed E-state index contributed by atoms with van der Waals surface area (Å²) in [6, 6.07) is 12.5. The molecule has 0 unspecified atom stereocenters. The van der Waals surface area contributed by atoms with Gasteiger partial charge < -0.3 is 19.6 Å². The van der Waals surface area contributed by atoms with E-state index in [-0.39, 0.29) is 5.43 Å². The summed E-state index contributed by atoms with van der Waals surface area (Å²) in [7, 11) is 0. The number of aliphatic carboxylic acids is 1. The molecule has 3 aromatic rings. The van der Waals surface area contributed by atoms with Crippen LogP contribution in [-0.2, 0) is 16.0 Å². The lowest BCUT2D eigenvalue weighted by Crippen LogP contribution is -2.11. The van der Waals surface area contributed by atoms with E-state index < -0.39 is 11.9 Å². The Labute approximate surface area is 183 Å². The first-order valence-electron chi connectivity index (χ1n) is 10.2. The summed E-state index contributed by atoms with van der Waals surface area (Å²) in [6.07, 6.45) is 4.95. The monoisotopic (exact) mass is 431 g/mol. The van der Waals surface area contributed by atoms with Gasteiger partial charge in [0.15, 0.2) is 5.43 Å². The lowest BCUT2D eigenvalue weighted by molar-refractivity contribution is -0.131. The maximum absolute atomic E-state index is 13.0. The number of carbonyl (C=O) groups is 2. The fourth-order valence-electron chi connectivity index (χ4n) is 3.70. The molecule has 1 aliphatic rings. The number of rotatable bonds is 6. The zero-order chi connectivity index (χ0) is 22.7. The van der Waals surface area contributed by atoms with Gasteiger partial charge in [0, 0.05) is 29.5 Å². The first-order valence-corrected chi connectivity index (χ1v) is 10.2. The Kier molecular flexibility index (Phi) is 5.89. The smallest absolute Gasteiger partial charge is 0.328 e. The standard InChI is InChI=1S/C25H21NO6/c1-2-31-18-5-3-4-15(13-18)12-16-6-8-20-24(30)19-9-7-17(14-21(19)32-25(16)20)26-22(27)10-11-23(28)29/h3-5,7,9-14H,2,6,8H2,1H3,(H,26,27)(H,28,29)/b11-10+,16-12-. The van der Waals surface area contributed by atoms with Crippen molar-refractivity contribution in [2.75, 3.05) is 11.9 Å². The molecule has 7 heteroatoms. The molecule has 32 heavy (non-hydrogen) atoms. The van der Waals surface area contributed by atoms with Crippen LogP contribution >= 0.6 is 0 Å². The maximum atomic E-state index is 13.0. The fraction of sp³-hybridized carbons (Fsp3) is 0.160. The first kappa shape index (κ1) is 21.1. The number of carboxylic acids is 1. The number of carbonyl (C=O) groups excluding carboxylic acids is 1. The number of anilines is 1. The van der Waals surface area contributed by atoms with Crippen molar-refractivity contribution in [2.45, 2.75) is 19.8 Å². The number of benzene rings is 2. The van der Waals surface area contributed by atoms with Gasteiger partial charge in [-0.2, -0.15) is 0 Å². The van der Waals surface area contributed by atoms with Crippen molar-refractivity contribution in [1.29, 1.82) is 0 Å². The summed E-state index contributed by atoms with van der Waals surface area (Å²) in [5, 5.41) is 11.6.